The minimum atomic E-state index is -3.71. The van der Waals surface area contributed by atoms with E-state index in [0.29, 0.717) is 11.4 Å². The van der Waals surface area contributed by atoms with Crippen molar-refractivity contribution in [3.05, 3.63) is 18.2 Å². The lowest BCUT2D eigenvalue weighted by molar-refractivity contribution is 0.574. The lowest BCUT2D eigenvalue weighted by Crippen LogP contribution is -2.32. The van der Waals surface area contributed by atoms with E-state index < -0.39 is 10.0 Å². The topological polar surface area (TPSA) is 98.2 Å². The zero-order valence-corrected chi connectivity index (χ0v) is 13.8. The van der Waals surface area contributed by atoms with Crippen molar-refractivity contribution in [2.24, 2.45) is 5.14 Å². The van der Waals surface area contributed by atoms with Crippen LogP contribution in [0.4, 0.5) is 11.4 Å². The fourth-order valence-electron chi connectivity index (χ4n) is 1.98. The van der Waals surface area contributed by atoms with E-state index in [1.54, 1.807) is 17.8 Å². The Bertz CT molecular complexity index is 546. The van der Waals surface area contributed by atoms with E-state index in [9.17, 15) is 8.42 Å². The maximum Gasteiger partial charge on any atom is 0.238 e. The van der Waals surface area contributed by atoms with Gasteiger partial charge in [0.1, 0.15) is 0 Å². The number of nitrogens with one attached hydrogen (secondary N) is 1. The summed E-state index contributed by atoms with van der Waals surface area (Å²) in [6.45, 7) is 5.01. The molecule has 7 heteroatoms. The highest BCUT2D eigenvalue weighted by Crippen LogP contribution is 2.32. The second-order valence-electron chi connectivity index (χ2n) is 4.74. The summed E-state index contributed by atoms with van der Waals surface area (Å²) in [6.07, 6.45) is 4.12. The molecule has 1 aromatic carbocycles. The average molecular weight is 317 g/mol. The maximum absolute atomic E-state index is 11.4. The van der Waals surface area contributed by atoms with E-state index in [1.165, 1.54) is 12.1 Å². The van der Waals surface area contributed by atoms with Crippen LogP contribution in [0.5, 0.6) is 0 Å². The Balaban J connectivity index is 2.98. The van der Waals surface area contributed by atoms with Gasteiger partial charge in [-0.25, -0.2) is 13.6 Å². The van der Waals surface area contributed by atoms with Crippen molar-refractivity contribution in [2.75, 3.05) is 23.9 Å². The van der Waals surface area contributed by atoms with E-state index in [0.717, 1.165) is 19.4 Å². The monoisotopic (exact) mass is 317 g/mol. The third-order valence-electron chi connectivity index (χ3n) is 3.68. The molecule has 0 atom stereocenters. The fraction of sp³-hybridized carbons (Fsp3) is 0.538. The van der Waals surface area contributed by atoms with Gasteiger partial charge in [0, 0.05) is 11.3 Å². The molecule has 0 spiro atoms. The van der Waals surface area contributed by atoms with Gasteiger partial charge in [0.15, 0.2) is 0 Å². The summed E-state index contributed by atoms with van der Waals surface area (Å²) >= 11 is 1.81. The van der Waals surface area contributed by atoms with Crippen molar-refractivity contribution in [1.82, 2.24) is 0 Å². The Hall–Kier alpha value is -0.920. The van der Waals surface area contributed by atoms with Crippen LogP contribution in [-0.2, 0) is 10.0 Å². The summed E-state index contributed by atoms with van der Waals surface area (Å²) in [7, 11) is -3.71. The quantitative estimate of drug-likeness (QED) is 0.670. The number of hydrogen-bond donors (Lipinski definition) is 3. The minimum absolute atomic E-state index is 0.0666. The van der Waals surface area contributed by atoms with Gasteiger partial charge in [-0.3, -0.25) is 0 Å². The molecule has 0 heterocycles. The summed E-state index contributed by atoms with van der Waals surface area (Å²) < 4.78 is 22.9. The van der Waals surface area contributed by atoms with Crippen LogP contribution in [0.25, 0.3) is 0 Å². The van der Waals surface area contributed by atoms with Crippen molar-refractivity contribution in [1.29, 1.82) is 0 Å². The normalized spacial score (nSPS) is 12.4. The van der Waals surface area contributed by atoms with Gasteiger partial charge in [0.05, 0.1) is 16.3 Å². The summed E-state index contributed by atoms with van der Waals surface area (Å²) in [5.74, 6) is 0. The maximum atomic E-state index is 11.4. The van der Waals surface area contributed by atoms with Crippen molar-refractivity contribution in [2.45, 2.75) is 36.3 Å². The van der Waals surface area contributed by atoms with Crippen LogP contribution in [0.3, 0.4) is 0 Å². The molecule has 0 amide bonds. The van der Waals surface area contributed by atoms with Gasteiger partial charge in [-0.15, -0.1) is 0 Å². The summed E-state index contributed by atoms with van der Waals surface area (Å²) in [5.41, 5.74) is 7.00. The third kappa shape index (κ3) is 4.04. The summed E-state index contributed by atoms with van der Waals surface area (Å²) in [6, 6.07) is 4.46. The van der Waals surface area contributed by atoms with E-state index in [4.69, 9.17) is 10.9 Å². The number of thioether (sulfide) groups is 1. The van der Waals surface area contributed by atoms with E-state index >= 15 is 0 Å². The first-order valence-electron chi connectivity index (χ1n) is 6.49. The number of primary sulfonamides is 1. The number of nitrogens with two attached hydrogens (primary N) is 2. The van der Waals surface area contributed by atoms with Gasteiger partial charge in [0.25, 0.3) is 0 Å². The van der Waals surface area contributed by atoms with Crippen LogP contribution in [-0.4, -0.2) is 26.0 Å². The minimum Gasteiger partial charge on any atom is -0.397 e. The number of anilines is 2. The average Bonchev–Trinajstić information content (AvgIpc) is 2.41. The van der Waals surface area contributed by atoms with Crippen molar-refractivity contribution < 1.29 is 8.42 Å². The molecule has 114 valence electrons. The summed E-state index contributed by atoms with van der Waals surface area (Å²) in [4.78, 5) is 0.0666. The van der Waals surface area contributed by atoms with Crippen LogP contribution in [0, 0.1) is 0 Å². The van der Waals surface area contributed by atoms with E-state index in [-0.39, 0.29) is 9.64 Å². The van der Waals surface area contributed by atoms with Crippen LogP contribution < -0.4 is 16.2 Å². The fourth-order valence-corrected chi connectivity index (χ4v) is 3.32. The SMILES string of the molecule is CCC(CC)(CNc1cc(S(N)(=O)=O)ccc1N)SC. The van der Waals surface area contributed by atoms with Gasteiger partial charge in [-0.05, 0) is 37.3 Å². The van der Waals surface area contributed by atoms with Crippen molar-refractivity contribution >= 4 is 33.2 Å². The van der Waals surface area contributed by atoms with E-state index in [2.05, 4.69) is 25.4 Å². The van der Waals surface area contributed by atoms with Crippen molar-refractivity contribution in [3.63, 3.8) is 0 Å². The highest BCUT2D eigenvalue weighted by Gasteiger charge is 2.24. The van der Waals surface area contributed by atoms with Gasteiger partial charge in [-0.2, -0.15) is 11.8 Å². The molecule has 5 N–H and O–H groups in total. The molecular weight excluding hydrogens is 294 g/mol. The predicted octanol–water partition coefficient (Wildman–Crippen LogP) is 2.25. The molecule has 1 rings (SSSR count). The molecule has 0 aliphatic carbocycles. The van der Waals surface area contributed by atoms with Gasteiger partial charge in [-0.1, -0.05) is 13.8 Å². The number of nitrogen functional groups attached to an aromatic ring is 1. The molecule has 0 bridgehead atoms. The molecule has 1 aromatic rings. The predicted molar refractivity (Wildman–Crippen MR) is 87.5 cm³/mol. The van der Waals surface area contributed by atoms with Gasteiger partial charge < -0.3 is 11.1 Å². The lowest BCUT2D eigenvalue weighted by atomic mass is 10.0. The number of sulfonamides is 1. The Morgan fingerprint density at radius 1 is 1.30 bits per heavy atom. The van der Waals surface area contributed by atoms with Gasteiger partial charge >= 0.3 is 0 Å². The molecule has 0 saturated carbocycles. The standard InChI is InChI=1S/C13H23N3O2S2/c1-4-13(5-2,19-3)9-16-12-8-10(20(15,17)18)6-7-11(12)14/h6-8,16H,4-5,9,14H2,1-3H3,(H2,15,17,18). The van der Waals surface area contributed by atoms with Crippen LogP contribution in [0.1, 0.15) is 26.7 Å². The highest BCUT2D eigenvalue weighted by molar-refractivity contribution is 8.00. The first-order chi connectivity index (χ1) is 9.28. The Kier molecular flexibility index (Phi) is 5.73. The van der Waals surface area contributed by atoms with Crippen LogP contribution in [0.15, 0.2) is 23.1 Å². The molecule has 5 nitrogen and oxygen atoms in total. The molecule has 0 aliphatic rings. The number of benzene rings is 1. The van der Waals surface area contributed by atoms with Crippen LogP contribution in [0.2, 0.25) is 0 Å². The molecule has 0 unspecified atom stereocenters. The third-order valence-corrected chi connectivity index (χ3v) is 6.17. The smallest absolute Gasteiger partial charge is 0.238 e. The van der Waals surface area contributed by atoms with Crippen molar-refractivity contribution in [3.8, 4) is 0 Å². The molecule has 0 radical (unpaired) electrons. The second kappa shape index (κ2) is 6.69. The molecule has 20 heavy (non-hydrogen) atoms. The molecular formula is C13H23N3O2S2. The Labute approximate surface area is 125 Å². The first-order valence-corrected chi connectivity index (χ1v) is 9.26. The van der Waals surface area contributed by atoms with Gasteiger partial charge in [0.2, 0.25) is 10.0 Å². The highest BCUT2D eigenvalue weighted by atomic mass is 32.2. The zero-order valence-electron chi connectivity index (χ0n) is 12.1. The first kappa shape index (κ1) is 17.1. The Morgan fingerprint density at radius 2 is 1.90 bits per heavy atom. The zero-order chi connectivity index (χ0) is 15.4. The lowest BCUT2D eigenvalue weighted by Gasteiger charge is -2.30. The number of rotatable bonds is 7. The van der Waals surface area contributed by atoms with Crippen LogP contribution >= 0.6 is 11.8 Å². The Morgan fingerprint density at radius 3 is 2.35 bits per heavy atom. The number of hydrogen-bond acceptors (Lipinski definition) is 5. The summed E-state index contributed by atoms with van der Waals surface area (Å²) in [5, 5.41) is 8.39. The molecule has 0 fully saturated rings. The molecule has 0 saturated heterocycles. The second-order valence-corrected chi connectivity index (χ2v) is 7.58. The largest absolute Gasteiger partial charge is 0.397 e. The molecule has 0 aromatic heterocycles. The molecule has 0 aliphatic heterocycles. The van der Waals surface area contributed by atoms with E-state index in [1.807, 2.05) is 0 Å².